The Morgan fingerprint density at radius 1 is 1.15 bits per heavy atom. The second-order valence-corrected chi connectivity index (χ2v) is 8.02. The number of aromatic nitrogens is 2. The van der Waals surface area contributed by atoms with Gasteiger partial charge in [-0.15, -0.1) is 0 Å². The molecule has 26 heavy (non-hydrogen) atoms. The highest BCUT2D eigenvalue weighted by atomic mass is 32.2. The predicted molar refractivity (Wildman–Crippen MR) is 94.5 cm³/mol. The van der Waals surface area contributed by atoms with Crippen molar-refractivity contribution in [2.45, 2.75) is 11.8 Å². The van der Waals surface area contributed by atoms with E-state index in [-0.39, 0.29) is 23.2 Å². The Bertz CT molecular complexity index is 1090. The lowest BCUT2D eigenvalue weighted by molar-refractivity contribution is 0.174. The van der Waals surface area contributed by atoms with Crippen molar-refractivity contribution >= 4 is 9.84 Å². The van der Waals surface area contributed by atoms with E-state index in [0.29, 0.717) is 23.0 Å². The van der Waals surface area contributed by atoms with Gasteiger partial charge in [0.25, 0.3) is 0 Å². The fraction of sp³-hybridized carbons (Fsp3) is 0.167. The van der Waals surface area contributed by atoms with Gasteiger partial charge in [-0.2, -0.15) is 0 Å². The molecule has 8 heteroatoms. The van der Waals surface area contributed by atoms with E-state index in [4.69, 9.17) is 9.47 Å². The third-order valence-corrected chi connectivity index (χ3v) is 5.95. The maximum absolute atomic E-state index is 12.2. The number of rotatable bonds is 4. The van der Waals surface area contributed by atoms with Gasteiger partial charge in [-0.25, -0.2) is 13.4 Å². The average molecular weight is 372 g/mol. The van der Waals surface area contributed by atoms with E-state index in [1.165, 1.54) is 18.2 Å². The summed E-state index contributed by atoms with van der Waals surface area (Å²) in [6.45, 7) is 1.75. The zero-order valence-electron chi connectivity index (χ0n) is 13.9. The summed E-state index contributed by atoms with van der Waals surface area (Å²) in [7, 11) is -3.40. The molecule has 0 amide bonds. The third kappa shape index (κ3) is 2.68. The molecule has 0 saturated carbocycles. The van der Waals surface area contributed by atoms with E-state index in [2.05, 4.69) is 4.98 Å². The van der Waals surface area contributed by atoms with Gasteiger partial charge in [-0.3, -0.25) is 4.57 Å². The molecule has 7 nitrogen and oxygen atoms in total. The highest BCUT2D eigenvalue weighted by molar-refractivity contribution is 7.91. The Morgan fingerprint density at radius 3 is 2.77 bits per heavy atom. The van der Waals surface area contributed by atoms with Crippen molar-refractivity contribution in [2.75, 3.05) is 12.5 Å². The van der Waals surface area contributed by atoms with Gasteiger partial charge in [-0.1, -0.05) is 6.92 Å². The Hall–Kier alpha value is -3.00. The first kappa shape index (κ1) is 16.5. The minimum Gasteiger partial charge on any atom is -0.506 e. The molecular weight excluding hydrogens is 356 g/mol. The average Bonchev–Trinajstić information content (AvgIpc) is 3.30. The highest BCUT2D eigenvalue weighted by Gasteiger charge is 2.19. The topological polar surface area (TPSA) is 90.7 Å². The molecule has 3 aromatic rings. The van der Waals surface area contributed by atoms with E-state index in [0.717, 1.165) is 5.56 Å². The lowest BCUT2D eigenvalue weighted by Gasteiger charge is -2.12. The van der Waals surface area contributed by atoms with Crippen molar-refractivity contribution < 1.29 is 23.0 Å². The van der Waals surface area contributed by atoms with Crippen LogP contribution in [0.5, 0.6) is 17.2 Å². The zero-order chi connectivity index (χ0) is 18.3. The summed E-state index contributed by atoms with van der Waals surface area (Å²) in [5, 5.41) is 10.3. The molecule has 0 saturated heterocycles. The number of hydrogen-bond acceptors (Lipinski definition) is 6. The molecule has 2 heterocycles. The number of sulfone groups is 1. The number of nitrogens with zero attached hydrogens (tertiary/aromatic N) is 2. The highest BCUT2D eigenvalue weighted by Crippen LogP contribution is 2.37. The Balaban J connectivity index is 1.84. The Labute approximate surface area is 150 Å². The van der Waals surface area contributed by atoms with Gasteiger partial charge >= 0.3 is 0 Å². The van der Waals surface area contributed by atoms with Crippen LogP contribution in [0.2, 0.25) is 0 Å². The molecule has 0 atom stereocenters. The van der Waals surface area contributed by atoms with Crippen molar-refractivity contribution in [1.29, 1.82) is 0 Å². The summed E-state index contributed by atoms with van der Waals surface area (Å²) < 4.78 is 36.7. The van der Waals surface area contributed by atoms with Crippen molar-refractivity contribution in [2.24, 2.45) is 0 Å². The van der Waals surface area contributed by atoms with Crippen molar-refractivity contribution in [3.63, 3.8) is 0 Å². The van der Waals surface area contributed by atoms with Crippen molar-refractivity contribution in [3.05, 3.63) is 48.8 Å². The van der Waals surface area contributed by atoms with Gasteiger partial charge in [0.05, 0.1) is 16.3 Å². The van der Waals surface area contributed by atoms with Crippen LogP contribution in [-0.2, 0) is 9.84 Å². The van der Waals surface area contributed by atoms with Crippen LogP contribution in [0.15, 0.2) is 53.7 Å². The van der Waals surface area contributed by atoms with Crippen LogP contribution < -0.4 is 9.47 Å². The van der Waals surface area contributed by atoms with Gasteiger partial charge in [0.2, 0.25) is 6.79 Å². The van der Waals surface area contributed by atoms with Crippen LogP contribution in [-0.4, -0.2) is 35.6 Å². The van der Waals surface area contributed by atoms with Gasteiger partial charge in [0.1, 0.15) is 11.6 Å². The molecule has 2 aromatic carbocycles. The van der Waals surface area contributed by atoms with Gasteiger partial charge in [-0.05, 0) is 36.4 Å². The van der Waals surface area contributed by atoms with Crippen molar-refractivity contribution in [3.8, 4) is 34.3 Å². The molecule has 0 unspecified atom stereocenters. The summed E-state index contributed by atoms with van der Waals surface area (Å²) in [4.78, 5) is 4.50. The molecule has 0 fully saturated rings. The number of fused-ring (bicyclic) bond motifs is 1. The molecule has 0 spiro atoms. The van der Waals surface area contributed by atoms with Gasteiger partial charge in [0.15, 0.2) is 21.3 Å². The van der Waals surface area contributed by atoms with E-state index in [1.807, 2.05) is 6.07 Å². The van der Waals surface area contributed by atoms with E-state index < -0.39 is 9.84 Å². The molecule has 4 rings (SSSR count). The molecular formula is C18H16N2O5S. The first-order valence-electron chi connectivity index (χ1n) is 7.99. The van der Waals surface area contributed by atoms with Crippen molar-refractivity contribution in [1.82, 2.24) is 9.55 Å². The second-order valence-electron chi connectivity index (χ2n) is 5.74. The molecule has 134 valence electrons. The number of phenols is 1. The monoisotopic (exact) mass is 372 g/mol. The summed E-state index contributed by atoms with van der Waals surface area (Å²) in [6.07, 6.45) is 3.25. The molecule has 0 aliphatic carbocycles. The Kier molecular flexibility index (Phi) is 3.84. The number of ether oxygens (including phenoxy) is 2. The normalized spacial score (nSPS) is 13.1. The fourth-order valence-corrected chi connectivity index (χ4v) is 3.70. The van der Waals surface area contributed by atoms with Crippen LogP contribution in [0, 0.1) is 0 Å². The second kappa shape index (κ2) is 6.06. The van der Waals surface area contributed by atoms with Crippen LogP contribution in [0.1, 0.15) is 6.92 Å². The standard InChI is InChI=1S/C18H16N2O5S/c1-2-26(22,23)13-4-5-15(21)14(10-13)20-8-7-19-18(20)12-3-6-16-17(9-12)25-11-24-16/h3-10,21H,2,11H2,1H3. The van der Waals surface area contributed by atoms with Crippen LogP contribution in [0.4, 0.5) is 0 Å². The molecule has 0 radical (unpaired) electrons. The molecule has 1 aliphatic rings. The first-order valence-corrected chi connectivity index (χ1v) is 9.64. The Morgan fingerprint density at radius 2 is 1.96 bits per heavy atom. The smallest absolute Gasteiger partial charge is 0.231 e. The maximum Gasteiger partial charge on any atom is 0.231 e. The quantitative estimate of drug-likeness (QED) is 0.757. The lowest BCUT2D eigenvalue weighted by Crippen LogP contribution is -2.05. The number of aromatic hydroxyl groups is 1. The fourth-order valence-electron chi connectivity index (χ4n) is 2.80. The summed E-state index contributed by atoms with van der Waals surface area (Å²) >= 11 is 0. The predicted octanol–water partition coefficient (Wildman–Crippen LogP) is 2.77. The maximum atomic E-state index is 12.2. The molecule has 0 bridgehead atoms. The largest absolute Gasteiger partial charge is 0.506 e. The summed E-state index contributed by atoms with van der Waals surface area (Å²) in [6, 6.07) is 9.64. The number of imidazole rings is 1. The molecule has 1 N–H and O–H groups in total. The first-order chi connectivity index (χ1) is 12.5. The number of hydrogen-bond donors (Lipinski definition) is 1. The van der Waals surface area contributed by atoms with Gasteiger partial charge in [0, 0.05) is 18.0 Å². The molecule has 1 aromatic heterocycles. The van der Waals surface area contributed by atoms with E-state index in [9.17, 15) is 13.5 Å². The number of benzene rings is 2. The number of phenolic OH excluding ortho intramolecular Hbond substituents is 1. The van der Waals surface area contributed by atoms with Crippen LogP contribution in [0.25, 0.3) is 17.1 Å². The van der Waals surface area contributed by atoms with E-state index in [1.54, 1.807) is 36.0 Å². The SMILES string of the molecule is CCS(=O)(=O)c1ccc(O)c(-n2ccnc2-c2ccc3c(c2)OCO3)c1. The summed E-state index contributed by atoms with van der Waals surface area (Å²) in [5.41, 5.74) is 1.09. The van der Waals surface area contributed by atoms with Gasteiger partial charge < -0.3 is 14.6 Å². The minimum absolute atomic E-state index is 0.0177. The lowest BCUT2D eigenvalue weighted by atomic mass is 10.2. The molecule has 1 aliphatic heterocycles. The summed E-state index contributed by atoms with van der Waals surface area (Å²) in [5.74, 6) is 1.76. The zero-order valence-corrected chi connectivity index (χ0v) is 14.7. The van der Waals surface area contributed by atoms with E-state index >= 15 is 0 Å². The van der Waals surface area contributed by atoms with Crippen LogP contribution in [0.3, 0.4) is 0 Å². The minimum atomic E-state index is -3.40. The third-order valence-electron chi connectivity index (χ3n) is 4.22. The van der Waals surface area contributed by atoms with Crippen LogP contribution >= 0.6 is 0 Å².